The number of imidazole rings is 1. The second kappa shape index (κ2) is 7.02. The van der Waals surface area contributed by atoms with Crippen LogP contribution in [0.4, 0.5) is 0 Å². The van der Waals surface area contributed by atoms with Gasteiger partial charge in [-0.3, -0.25) is 10.2 Å². The molecule has 0 saturated heterocycles. The lowest BCUT2D eigenvalue weighted by molar-refractivity contribution is 0.0945. The quantitative estimate of drug-likeness (QED) is 0.509. The van der Waals surface area contributed by atoms with Crippen molar-refractivity contribution in [1.82, 2.24) is 24.8 Å². The maximum Gasteiger partial charge on any atom is 0.266 e. The molecule has 2 heterocycles. The van der Waals surface area contributed by atoms with Crippen molar-refractivity contribution in [2.45, 2.75) is 25.3 Å². The highest BCUT2D eigenvalue weighted by atomic mass is 35.5. The fourth-order valence-corrected chi connectivity index (χ4v) is 3.45. The van der Waals surface area contributed by atoms with Crippen molar-refractivity contribution in [2.24, 2.45) is 0 Å². The van der Waals surface area contributed by atoms with Crippen LogP contribution < -0.4 is 10.3 Å². The van der Waals surface area contributed by atoms with Crippen LogP contribution in [0.25, 0.3) is 11.0 Å². The van der Waals surface area contributed by atoms with Gasteiger partial charge in [-0.1, -0.05) is 11.6 Å². The molecular formula is C16H16ClN5O3S. The van der Waals surface area contributed by atoms with Crippen LogP contribution in [0.2, 0.25) is 5.15 Å². The monoisotopic (exact) mass is 393 g/mol. The van der Waals surface area contributed by atoms with Crippen LogP contribution in [-0.2, 0) is 16.6 Å². The summed E-state index contributed by atoms with van der Waals surface area (Å²) in [6.45, 7) is 4.66. The number of hydrogen-bond donors (Lipinski definition) is 2. The number of aromatic nitrogens is 3. The number of aryl methyl sites for hydroxylation is 2. The molecule has 0 aliphatic carbocycles. The van der Waals surface area contributed by atoms with Crippen molar-refractivity contribution >= 4 is 38.6 Å². The van der Waals surface area contributed by atoms with E-state index in [2.05, 4.69) is 15.4 Å². The lowest BCUT2D eigenvalue weighted by atomic mass is 10.2. The van der Waals surface area contributed by atoms with Gasteiger partial charge in [-0.25, -0.2) is 18.4 Å². The van der Waals surface area contributed by atoms with Crippen molar-refractivity contribution in [1.29, 1.82) is 0 Å². The van der Waals surface area contributed by atoms with E-state index in [0.717, 1.165) is 24.1 Å². The first-order chi connectivity index (χ1) is 12.3. The summed E-state index contributed by atoms with van der Waals surface area (Å²) in [4.78, 5) is 22.3. The maximum atomic E-state index is 12.3. The molecule has 0 aliphatic rings. The number of rotatable bonds is 5. The van der Waals surface area contributed by atoms with E-state index in [1.54, 1.807) is 18.2 Å². The summed E-state index contributed by atoms with van der Waals surface area (Å²) in [5.74, 6) is 0.247. The first kappa shape index (κ1) is 18.3. The number of fused-ring (bicyclic) bond motifs is 1. The van der Waals surface area contributed by atoms with Gasteiger partial charge in [0.25, 0.3) is 15.9 Å². The molecule has 2 N–H and O–H groups in total. The summed E-state index contributed by atoms with van der Waals surface area (Å²) in [6, 6.07) is 7.64. The van der Waals surface area contributed by atoms with Gasteiger partial charge in [0.15, 0.2) is 0 Å². The highest BCUT2D eigenvalue weighted by Gasteiger charge is 2.17. The minimum atomic E-state index is -3.95. The topological polar surface area (TPSA) is 106 Å². The highest BCUT2D eigenvalue weighted by Crippen LogP contribution is 2.18. The van der Waals surface area contributed by atoms with Gasteiger partial charge < -0.3 is 4.57 Å². The van der Waals surface area contributed by atoms with Gasteiger partial charge in [0.2, 0.25) is 0 Å². The summed E-state index contributed by atoms with van der Waals surface area (Å²) < 4.78 is 26.3. The minimum absolute atomic E-state index is 0.116. The molecule has 136 valence electrons. The number of carbonyl (C=O) groups is 1. The standard InChI is InChI=1S/C16H16ClN5O3S/c1-3-22-10(2)19-13-8-11(4-6-14(13)22)16(23)20-21-26(24,25)12-5-7-15(17)18-9-12/h4-9,21H,3H2,1-2H3,(H,20,23). The van der Waals surface area contributed by atoms with Crippen LogP contribution in [0.15, 0.2) is 41.4 Å². The molecule has 0 radical (unpaired) electrons. The SMILES string of the molecule is CCn1c(C)nc2cc(C(=O)NNS(=O)(=O)c3ccc(Cl)nc3)ccc21. The molecular weight excluding hydrogens is 378 g/mol. The van der Waals surface area contributed by atoms with E-state index in [1.807, 2.05) is 23.2 Å². The second-order valence-electron chi connectivity index (χ2n) is 5.48. The van der Waals surface area contributed by atoms with Gasteiger partial charge in [0, 0.05) is 18.3 Å². The molecule has 0 saturated carbocycles. The molecule has 0 aliphatic heterocycles. The Morgan fingerprint density at radius 1 is 1.27 bits per heavy atom. The Hall–Kier alpha value is -2.49. The predicted octanol–water partition coefficient (Wildman–Crippen LogP) is 2.04. The molecule has 0 bridgehead atoms. The number of halogens is 1. The molecule has 8 nitrogen and oxygen atoms in total. The van der Waals surface area contributed by atoms with E-state index >= 15 is 0 Å². The predicted molar refractivity (Wildman–Crippen MR) is 97.2 cm³/mol. The second-order valence-corrected chi connectivity index (χ2v) is 7.55. The first-order valence-electron chi connectivity index (χ1n) is 7.72. The highest BCUT2D eigenvalue weighted by molar-refractivity contribution is 7.89. The Morgan fingerprint density at radius 3 is 2.69 bits per heavy atom. The third-order valence-corrected chi connectivity index (χ3v) is 5.28. The molecule has 0 spiro atoms. The molecule has 3 aromatic rings. The molecule has 0 unspecified atom stereocenters. The number of benzene rings is 1. The number of sulfonamides is 1. The first-order valence-corrected chi connectivity index (χ1v) is 9.58. The fourth-order valence-electron chi connectivity index (χ4n) is 2.56. The number of hydrazine groups is 1. The zero-order chi connectivity index (χ0) is 18.9. The van der Waals surface area contributed by atoms with E-state index in [0.29, 0.717) is 5.52 Å². The maximum absolute atomic E-state index is 12.3. The summed E-state index contributed by atoms with van der Waals surface area (Å²) in [5.41, 5.74) is 4.05. The van der Waals surface area contributed by atoms with E-state index < -0.39 is 15.9 Å². The van der Waals surface area contributed by atoms with Crippen LogP contribution >= 0.6 is 11.6 Å². The average molecular weight is 394 g/mol. The van der Waals surface area contributed by atoms with E-state index in [9.17, 15) is 13.2 Å². The van der Waals surface area contributed by atoms with Crippen LogP contribution in [-0.4, -0.2) is 28.9 Å². The van der Waals surface area contributed by atoms with E-state index in [1.165, 1.54) is 12.1 Å². The third kappa shape index (κ3) is 3.55. The molecule has 1 aromatic carbocycles. The molecule has 1 amide bonds. The number of nitrogens with zero attached hydrogens (tertiary/aromatic N) is 3. The lowest BCUT2D eigenvalue weighted by Crippen LogP contribution is -2.41. The van der Waals surface area contributed by atoms with Crippen molar-refractivity contribution in [3.05, 3.63) is 53.1 Å². The molecule has 3 rings (SSSR count). The Morgan fingerprint density at radius 2 is 2.04 bits per heavy atom. The Bertz CT molecular complexity index is 1080. The Kier molecular flexibility index (Phi) is 4.94. The van der Waals surface area contributed by atoms with Gasteiger partial charge in [-0.15, -0.1) is 4.83 Å². The van der Waals surface area contributed by atoms with Crippen molar-refractivity contribution in [2.75, 3.05) is 0 Å². The van der Waals surface area contributed by atoms with Gasteiger partial charge >= 0.3 is 0 Å². The summed E-state index contributed by atoms with van der Waals surface area (Å²) in [7, 11) is -3.95. The van der Waals surface area contributed by atoms with Crippen molar-refractivity contribution in [3.8, 4) is 0 Å². The summed E-state index contributed by atoms with van der Waals surface area (Å²) in [5, 5.41) is 0.170. The average Bonchev–Trinajstić information content (AvgIpc) is 2.94. The number of nitrogens with one attached hydrogen (secondary N) is 2. The van der Waals surface area contributed by atoms with Crippen LogP contribution in [0.3, 0.4) is 0 Å². The molecule has 2 aromatic heterocycles. The van der Waals surface area contributed by atoms with Gasteiger partial charge in [0.05, 0.1) is 11.0 Å². The van der Waals surface area contributed by atoms with Gasteiger partial charge in [-0.05, 0) is 44.2 Å². The number of pyridine rings is 1. The molecule has 0 fully saturated rings. The number of amides is 1. The Balaban J connectivity index is 1.77. The molecule has 10 heteroatoms. The number of carbonyl (C=O) groups excluding carboxylic acids is 1. The largest absolute Gasteiger partial charge is 0.329 e. The van der Waals surface area contributed by atoms with Crippen molar-refractivity contribution in [3.63, 3.8) is 0 Å². The van der Waals surface area contributed by atoms with Crippen LogP contribution in [0.5, 0.6) is 0 Å². The van der Waals surface area contributed by atoms with E-state index in [-0.39, 0.29) is 15.6 Å². The molecule has 26 heavy (non-hydrogen) atoms. The summed E-state index contributed by atoms with van der Waals surface area (Å²) in [6.07, 6.45) is 1.10. The van der Waals surface area contributed by atoms with E-state index in [4.69, 9.17) is 11.6 Å². The Labute approximate surface area is 155 Å². The van der Waals surface area contributed by atoms with Crippen LogP contribution in [0.1, 0.15) is 23.1 Å². The van der Waals surface area contributed by atoms with Crippen molar-refractivity contribution < 1.29 is 13.2 Å². The zero-order valence-corrected chi connectivity index (χ0v) is 15.6. The van der Waals surface area contributed by atoms with Crippen LogP contribution in [0, 0.1) is 6.92 Å². The summed E-state index contributed by atoms with van der Waals surface area (Å²) >= 11 is 5.64. The normalized spacial score (nSPS) is 11.7. The number of hydrogen-bond acceptors (Lipinski definition) is 5. The minimum Gasteiger partial charge on any atom is -0.329 e. The molecule has 0 atom stereocenters. The smallest absolute Gasteiger partial charge is 0.266 e. The fraction of sp³-hybridized carbons (Fsp3) is 0.188. The van der Waals surface area contributed by atoms with Gasteiger partial charge in [0.1, 0.15) is 15.9 Å². The lowest BCUT2D eigenvalue weighted by Gasteiger charge is -2.08. The third-order valence-electron chi connectivity index (χ3n) is 3.83. The zero-order valence-electron chi connectivity index (χ0n) is 14.0. The van der Waals surface area contributed by atoms with Gasteiger partial charge in [-0.2, -0.15) is 0 Å².